The maximum atomic E-state index is 11.9. The second-order valence-corrected chi connectivity index (χ2v) is 5.33. The van der Waals surface area contributed by atoms with Crippen molar-refractivity contribution in [2.24, 2.45) is 11.8 Å². The number of esters is 1. The minimum atomic E-state index is -0.955. The second-order valence-electron chi connectivity index (χ2n) is 4.34. The molecule has 2 heterocycles. The summed E-state index contributed by atoms with van der Waals surface area (Å²) in [5.74, 6) is -1.99. The first kappa shape index (κ1) is 12.7. The molecule has 2 aliphatic rings. The molecule has 4 atom stereocenters. The first-order valence-corrected chi connectivity index (χ1v) is 7.08. The lowest BCUT2D eigenvalue weighted by Gasteiger charge is -2.22. The predicted molar refractivity (Wildman–Crippen MR) is 61.9 cm³/mol. The first-order chi connectivity index (χ1) is 8.15. The Bertz CT molecular complexity index is 319. The summed E-state index contributed by atoms with van der Waals surface area (Å²) in [6.07, 6.45) is 2.85. The standard InChI is InChI=1S/C11H16O5S/c1-17-5-4-15-11(14)9-7-3-2-6(16-7)8(9)10(12)13/h6-9H,2-5H2,1H3,(H,12,13)/t6-,7+,8-,9-/m0/s1. The summed E-state index contributed by atoms with van der Waals surface area (Å²) in [7, 11) is 0. The summed E-state index contributed by atoms with van der Waals surface area (Å²) in [5.41, 5.74) is 0. The highest BCUT2D eigenvalue weighted by atomic mass is 32.2. The third kappa shape index (κ3) is 2.42. The minimum Gasteiger partial charge on any atom is -0.481 e. The molecule has 2 bridgehead atoms. The van der Waals surface area contributed by atoms with Crippen LogP contribution in [-0.2, 0) is 19.1 Å². The van der Waals surface area contributed by atoms with Gasteiger partial charge in [0.2, 0.25) is 0 Å². The van der Waals surface area contributed by atoms with Gasteiger partial charge in [-0.1, -0.05) is 0 Å². The van der Waals surface area contributed by atoms with Crippen molar-refractivity contribution in [1.82, 2.24) is 0 Å². The third-order valence-corrected chi connectivity index (χ3v) is 3.94. The molecule has 0 aliphatic carbocycles. The maximum absolute atomic E-state index is 11.9. The number of ether oxygens (including phenoxy) is 2. The Morgan fingerprint density at radius 3 is 2.59 bits per heavy atom. The molecule has 17 heavy (non-hydrogen) atoms. The van der Waals surface area contributed by atoms with E-state index in [1.807, 2.05) is 6.26 Å². The molecule has 96 valence electrons. The number of carboxylic acid groups (broad SMARTS) is 1. The predicted octanol–water partition coefficient (Wildman–Crippen LogP) is 0.771. The SMILES string of the molecule is CSCCOC(=O)[C@@H]1[C@@H](C(=O)O)[C@@H]2CC[C@H]1O2. The van der Waals surface area contributed by atoms with Crippen molar-refractivity contribution in [3.63, 3.8) is 0 Å². The number of fused-ring (bicyclic) bond motifs is 2. The smallest absolute Gasteiger partial charge is 0.312 e. The van der Waals surface area contributed by atoms with Crippen molar-refractivity contribution in [1.29, 1.82) is 0 Å². The molecule has 0 aromatic rings. The fraction of sp³-hybridized carbons (Fsp3) is 0.818. The van der Waals surface area contributed by atoms with Gasteiger partial charge in [0, 0.05) is 5.75 Å². The van der Waals surface area contributed by atoms with Gasteiger partial charge < -0.3 is 14.6 Å². The molecule has 0 saturated carbocycles. The summed E-state index contributed by atoms with van der Waals surface area (Å²) in [6, 6.07) is 0. The van der Waals surface area contributed by atoms with E-state index in [0.29, 0.717) is 6.61 Å². The molecule has 5 nitrogen and oxygen atoms in total. The molecule has 0 aromatic carbocycles. The van der Waals surface area contributed by atoms with Crippen LogP contribution in [0, 0.1) is 11.8 Å². The van der Waals surface area contributed by atoms with E-state index < -0.39 is 23.8 Å². The van der Waals surface area contributed by atoms with Gasteiger partial charge in [-0.25, -0.2) is 0 Å². The van der Waals surface area contributed by atoms with Gasteiger partial charge in [0.25, 0.3) is 0 Å². The van der Waals surface area contributed by atoms with Crippen LogP contribution in [0.25, 0.3) is 0 Å². The minimum absolute atomic E-state index is 0.261. The van der Waals surface area contributed by atoms with Crippen molar-refractivity contribution in [3.05, 3.63) is 0 Å². The largest absolute Gasteiger partial charge is 0.481 e. The van der Waals surface area contributed by atoms with Crippen molar-refractivity contribution in [2.75, 3.05) is 18.6 Å². The maximum Gasteiger partial charge on any atom is 0.312 e. The fourth-order valence-corrected chi connectivity index (χ4v) is 2.86. The zero-order valence-electron chi connectivity index (χ0n) is 9.63. The normalized spacial score (nSPS) is 34.9. The Morgan fingerprint density at radius 2 is 2.00 bits per heavy atom. The van der Waals surface area contributed by atoms with Crippen molar-refractivity contribution < 1.29 is 24.2 Å². The average Bonchev–Trinajstić information content (AvgIpc) is 2.88. The van der Waals surface area contributed by atoms with E-state index in [4.69, 9.17) is 14.6 Å². The molecule has 2 rings (SSSR count). The van der Waals surface area contributed by atoms with Crippen LogP contribution in [0.2, 0.25) is 0 Å². The number of rotatable bonds is 5. The number of hydrogen-bond donors (Lipinski definition) is 1. The molecule has 0 amide bonds. The summed E-state index contributed by atoms with van der Waals surface area (Å²) in [5, 5.41) is 9.13. The van der Waals surface area contributed by atoms with E-state index in [0.717, 1.165) is 18.6 Å². The molecule has 2 aliphatic heterocycles. The van der Waals surface area contributed by atoms with Gasteiger partial charge in [-0.05, 0) is 19.1 Å². The van der Waals surface area contributed by atoms with Crippen molar-refractivity contribution in [3.8, 4) is 0 Å². The number of thioether (sulfide) groups is 1. The van der Waals surface area contributed by atoms with Gasteiger partial charge in [0.1, 0.15) is 6.61 Å². The van der Waals surface area contributed by atoms with Crippen LogP contribution in [-0.4, -0.2) is 47.9 Å². The van der Waals surface area contributed by atoms with Crippen LogP contribution in [0.3, 0.4) is 0 Å². The Kier molecular flexibility index (Phi) is 3.93. The van der Waals surface area contributed by atoms with Crippen LogP contribution in [0.1, 0.15) is 12.8 Å². The van der Waals surface area contributed by atoms with Crippen molar-refractivity contribution in [2.45, 2.75) is 25.0 Å². The average molecular weight is 260 g/mol. The first-order valence-electron chi connectivity index (χ1n) is 5.69. The highest BCUT2D eigenvalue weighted by Crippen LogP contribution is 2.44. The topological polar surface area (TPSA) is 72.8 Å². The number of carboxylic acids is 1. The zero-order chi connectivity index (χ0) is 12.4. The lowest BCUT2D eigenvalue weighted by molar-refractivity contribution is -0.157. The lowest BCUT2D eigenvalue weighted by Crippen LogP contribution is -2.39. The quantitative estimate of drug-likeness (QED) is 0.581. The van der Waals surface area contributed by atoms with Crippen molar-refractivity contribution >= 4 is 23.7 Å². The number of hydrogen-bond acceptors (Lipinski definition) is 5. The molecule has 6 heteroatoms. The lowest BCUT2D eigenvalue weighted by atomic mass is 9.79. The van der Waals surface area contributed by atoms with Gasteiger partial charge in [-0.2, -0.15) is 11.8 Å². The highest BCUT2D eigenvalue weighted by molar-refractivity contribution is 7.98. The molecule has 2 saturated heterocycles. The Morgan fingerprint density at radius 1 is 1.35 bits per heavy atom. The summed E-state index contributed by atoms with van der Waals surface area (Å²) in [6.45, 7) is 0.334. The Hall–Kier alpha value is -0.750. The zero-order valence-corrected chi connectivity index (χ0v) is 10.4. The van der Waals surface area contributed by atoms with Gasteiger partial charge in [-0.3, -0.25) is 9.59 Å². The van der Waals surface area contributed by atoms with Crippen LogP contribution < -0.4 is 0 Å². The molecule has 0 spiro atoms. The molecule has 0 unspecified atom stereocenters. The Labute approximate surface area is 104 Å². The molecular weight excluding hydrogens is 244 g/mol. The molecule has 0 aromatic heterocycles. The van der Waals surface area contributed by atoms with Crippen LogP contribution in [0.5, 0.6) is 0 Å². The van der Waals surface area contributed by atoms with E-state index in [1.54, 1.807) is 11.8 Å². The van der Waals surface area contributed by atoms with E-state index in [-0.39, 0.29) is 12.2 Å². The number of carbonyl (C=O) groups is 2. The van der Waals surface area contributed by atoms with E-state index >= 15 is 0 Å². The van der Waals surface area contributed by atoms with E-state index in [9.17, 15) is 9.59 Å². The van der Waals surface area contributed by atoms with Crippen LogP contribution >= 0.6 is 11.8 Å². The summed E-state index contributed by atoms with van der Waals surface area (Å²) < 4.78 is 10.6. The van der Waals surface area contributed by atoms with Crippen LogP contribution in [0.4, 0.5) is 0 Å². The molecule has 1 N–H and O–H groups in total. The van der Waals surface area contributed by atoms with Crippen LogP contribution in [0.15, 0.2) is 0 Å². The molecular formula is C11H16O5S. The van der Waals surface area contributed by atoms with Gasteiger partial charge in [0.15, 0.2) is 0 Å². The van der Waals surface area contributed by atoms with E-state index in [1.165, 1.54) is 0 Å². The second kappa shape index (κ2) is 5.27. The Balaban J connectivity index is 1.98. The molecule has 0 radical (unpaired) electrons. The summed E-state index contributed by atoms with van der Waals surface area (Å²) >= 11 is 1.58. The highest BCUT2D eigenvalue weighted by Gasteiger charge is 2.56. The summed E-state index contributed by atoms with van der Waals surface area (Å²) in [4.78, 5) is 23.0. The third-order valence-electron chi connectivity index (χ3n) is 3.36. The number of aliphatic carboxylic acids is 1. The van der Waals surface area contributed by atoms with Gasteiger partial charge >= 0.3 is 11.9 Å². The van der Waals surface area contributed by atoms with E-state index in [2.05, 4.69) is 0 Å². The monoisotopic (exact) mass is 260 g/mol. The number of carbonyl (C=O) groups excluding carboxylic acids is 1. The van der Waals surface area contributed by atoms with Gasteiger partial charge in [0.05, 0.1) is 24.0 Å². The fourth-order valence-electron chi connectivity index (χ4n) is 2.61. The molecule has 2 fully saturated rings. The van der Waals surface area contributed by atoms with Gasteiger partial charge in [-0.15, -0.1) is 0 Å².